The first-order valence-corrected chi connectivity index (χ1v) is 4.36. The Morgan fingerprint density at radius 3 is 2.45 bits per heavy atom. The Morgan fingerprint density at radius 2 is 2.09 bits per heavy atom. The molecule has 4 N–H and O–H groups in total. The normalized spacial score (nSPS) is 22.6. The molecule has 1 unspecified atom stereocenters. The molecule has 3 heteroatoms. The van der Waals surface area contributed by atoms with Crippen molar-refractivity contribution in [3.05, 3.63) is 0 Å². The minimum Gasteiger partial charge on any atom is -0.378 e. The molecule has 0 saturated carbocycles. The van der Waals surface area contributed by atoms with E-state index in [1.165, 1.54) is 12.8 Å². The molecule has 11 heavy (non-hydrogen) atoms. The predicted molar refractivity (Wildman–Crippen MR) is 47.4 cm³/mol. The van der Waals surface area contributed by atoms with E-state index < -0.39 is 0 Å². The second kappa shape index (κ2) is 7.98. The summed E-state index contributed by atoms with van der Waals surface area (Å²) in [5.41, 5.74) is 10.2. The van der Waals surface area contributed by atoms with Crippen molar-refractivity contribution in [1.29, 1.82) is 0 Å². The fourth-order valence-corrected chi connectivity index (χ4v) is 1.06. The van der Waals surface area contributed by atoms with E-state index in [9.17, 15) is 0 Å². The van der Waals surface area contributed by atoms with Crippen molar-refractivity contribution < 1.29 is 4.74 Å². The van der Waals surface area contributed by atoms with Gasteiger partial charge in [-0.05, 0) is 32.4 Å². The minimum absolute atomic E-state index is 0.486. The summed E-state index contributed by atoms with van der Waals surface area (Å²) in [6, 6.07) is 0. The average Bonchev–Trinajstić information content (AvgIpc) is 2.42. The van der Waals surface area contributed by atoms with E-state index >= 15 is 0 Å². The predicted octanol–water partition coefficient (Wildman–Crippen LogP) is 0.479. The Kier molecular flexibility index (Phi) is 7.89. The highest BCUT2D eigenvalue weighted by Gasteiger charge is 2.13. The first kappa shape index (κ1) is 10.9. The van der Waals surface area contributed by atoms with Gasteiger partial charge in [0.2, 0.25) is 0 Å². The van der Waals surface area contributed by atoms with Gasteiger partial charge in [-0.1, -0.05) is 6.92 Å². The lowest BCUT2D eigenvalue weighted by Gasteiger charge is -2.04. The summed E-state index contributed by atoms with van der Waals surface area (Å²) < 4.78 is 5.31. The Morgan fingerprint density at radius 1 is 1.45 bits per heavy atom. The molecule has 68 valence electrons. The van der Waals surface area contributed by atoms with Gasteiger partial charge in [-0.15, -0.1) is 0 Å². The lowest BCUT2D eigenvalue weighted by atomic mass is 10.2. The third kappa shape index (κ3) is 6.28. The molecule has 0 amide bonds. The molecule has 0 aliphatic carbocycles. The molecule has 3 nitrogen and oxygen atoms in total. The van der Waals surface area contributed by atoms with E-state index in [1.807, 2.05) is 6.92 Å². The Balaban J connectivity index is 0.000000292. The van der Waals surface area contributed by atoms with Crippen LogP contribution in [0.2, 0.25) is 0 Å². The minimum atomic E-state index is 0.486. The largest absolute Gasteiger partial charge is 0.378 e. The van der Waals surface area contributed by atoms with E-state index in [0.717, 1.165) is 26.1 Å². The number of hydrogen-bond acceptors (Lipinski definition) is 3. The zero-order valence-electron chi connectivity index (χ0n) is 7.38. The first-order valence-electron chi connectivity index (χ1n) is 4.36. The SMILES string of the molecule is CCN.NCCC1CCCO1. The van der Waals surface area contributed by atoms with Crippen LogP contribution in [0, 0.1) is 0 Å². The summed E-state index contributed by atoms with van der Waals surface area (Å²) in [4.78, 5) is 0. The standard InChI is InChI=1S/C6H13NO.C2H7N/c7-4-3-6-2-1-5-8-6;1-2-3/h6H,1-5,7H2;2-3H2,1H3. The van der Waals surface area contributed by atoms with Crippen molar-refractivity contribution in [2.24, 2.45) is 11.5 Å². The van der Waals surface area contributed by atoms with Crippen molar-refractivity contribution in [3.63, 3.8) is 0 Å². The Labute approximate surface area is 69.1 Å². The number of ether oxygens (including phenoxy) is 1. The maximum Gasteiger partial charge on any atom is 0.0588 e. The molecule has 0 radical (unpaired) electrons. The van der Waals surface area contributed by atoms with Crippen LogP contribution in [0.5, 0.6) is 0 Å². The van der Waals surface area contributed by atoms with Crippen molar-refractivity contribution in [3.8, 4) is 0 Å². The van der Waals surface area contributed by atoms with Crippen LogP contribution < -0.4 is 11.5 Å². The molecule has 0 aromatic rings. The highest BCUT2D eigenvalue weighted by atomic mass is 16.5. The maximum atomic E-state index is 5.33. The van der Waals surface area contributed by atoms with Gasteiger partial charge in [0.1, 0.15) is 0 Å². The second-order valence-corrected chi connectivity index (χ2v) is 2.62. The molecule has 1 saturated heterocycles. The van der Waals surface area contributed by atoms with E-state index in [-0.39, 0.29) is 0 Å². The summed E-state index contributed by atoms with van der Waals surface area (Å²) in [6.07, 6.45) is 3.97. The molecule has 0 aromatic carbocycles. The van der Waals surface area contributed by atoms with Crippen LogP contribution in [-0.2, 0) is 4.74 Å². The number of hydrogen-bond donors (Lipinski definition) is 2. The van der Waals surface area contributed by atoms with E-state index in [0.29, 0.717) is 6.10 Å². The highest BCUT2D eigenvalue weighted by Crippen LogP contribution is 2.13. The zero-order valence-corrected chi connectivity index (χ0v) is 7.38. The van der Waals surface area contributed by atoms with Gasteiger partial charge in [0, 0.05) is 6.61 Å². The molecule has 1 heterocycles. The van der Waals surface area contributed by atoms with Gasteiger partial charge in [0.15, 0.2) is 0 Å². The van der Waals surface area contributed by atoms with Gasteiger partial charge in [-0.25, -0.2) is 0 Å². The van der Waals surface area contributed by atoms with Crippen molar-refractivity contribution >= 4 is 0 Å². The monoisotopic (exact) mass is 160 g/mol. The number of nitrogens with two attached hydrogens (primary N) is 2. The second-order valence-electron chi connectivity index (χ2n) is 2.62. The quantitative estimate of drug-likeness (QED) is 0.617. The van der Waals surface area contributed by atoms with Gasteiger partial charge >= 0.3 is 0 Å². The molecule has 1 aliphatic heterocycles. The molecule has 0 aromatic heterocycles. The summed E-state index contributed by atoms with van der Waals surface area (Å²) >= 11 is 0. The van der Waals surface area contributed by atoms with E-state index in [1.54, 1.807) is 0 Å². The maximum absolute atomic E-state index is 5.33. The Bertz CT molecular complexity index is 72.5. The fraction of sp³-hybridized carbons (Fsp3) is 1.00. The van der Waals surface area contributed by atoms with Crippen LogP contribution >= 0.6 is 0 Å². The van der Waals surface area contributed by atoms with Crippen LogP contribution in [0.3, 0.4) is 0 Å². The summed E-state index contributed by atoms with van der Waals surface area (Å²) in [5, 5.41) is 0. The van der Waals surface area contributed by atoms with Crippen LogP contribution in [0.1, 0.15) is 26.2 Å². The molecular formula is C8H20N2O. The van der Waals surface area contributed by atoms with Crippen LogP contribution in [0.4, 0.5) is 0 Å². The molecular weight excluding hydrogens is 140 g/mol. The van der Waals surface area contributed by atoms with Crippen molar-refractivity contribution in [2.45, 2.75) is 32.3 Å². The summed E-state index contributed by atoms with van der Waals surface area (Å²) in [7, 11) is 0. The highest BCUT2D eigenvalue weighted by molar-refractivity contribution is 4.64. The summed E-state index contributed by atoms with van der Waals surface area (Å²) in [6.45, 7) is 4.37. The molecule has 0 bridgehead atoms. The molecule has 0 spiro atoms. The lowest BCUT2D eigenvalue weighted by molar-refractivity contribution is 0.106. The van der Waals surface area contributed by atoms with Crippen LogP contribution in [0.25, 0.3) is 0 Å². The molecule has 1 atom stereocenters. The topological polar surface area (TPSA) is 61.3 Å². The molecule has 1 rings (SSSR count). The van der Waals surface area contributed by atoms with Crippen molar-refractivity contribution in [1.82, 2.24) is 0 Å². The third-order valence-electron chi connectivity index (χ3n) is 1.51. The van der Waals surface area contributed by atoms with Gasteiger partial charge in [-0.2, -0.15) is 0 Å². The van der Waals surface area contributed by atoms with Crippen molar-refractivity contribution in [2.75, 3.05) is 19.7 Å². The smallest absolute Gasteiger partial charge is 0.0588 e. The van der Waals surface area contributed by atoms with Gasteiger partial charge in [-0.3, -0.25) is 0 Å². The Hall–Kier alpha value is -0.120. The lowest BCUT2D eigenvalue weighted by Crippen LogP contribution is -2.11. The zero-order chi connectivity index (χ0) is 8.53. The van der Waals surface area contributed by atoms with Gasteiger partial charge < -0.3 is 16.2 Å². The van der Waals surface area contributed by atoms with Crippen LogP contribution in [0.15, 0.2) is 0 Å². The molecule has 1 aliphatic rings. The van der Waals surface area contributed by atoms with Crippen LogP contribution in [-0.4, -0.2) is 25.8 Å². The van der Waals surface area contributed by atoms with Gasteiger partial charge in [0.25, 0.3) is 0 Å². The number of rotatable bonds is 2. The average molecular weight is 160 g/mol. The molecule has 1 fully saturated rings. The fourth-order valence-electron chi connectivity index (χ4n) is 1.06. The van der Waals surface area contributed by atoms with E-state index in [2.05, 4.69) is 0 Å². The third-order valence-corrected chi connectivity index (χ3v) is 1.51. The first-order chi connectivity index (χ1) is 5.35. The van der Waals surface area contributed by atoms with Gasteiger partial charge in [0.05, 0.1) is 6.10 Å². The summed E-state index contributed by atoms with van der Waals surface area (Å²) in [5.74, 6) is 0. The van der Waals surface area contributed by atoms with E-state index in [4.69, 9.17) is 16.2 Å².